The van der Waals surface area contributed by atoms with Gasteiger partial charge in [-0.3, -0.25) is 10.1 Å². The summed E-state index contributed by atoms with van der Waals surface area (Å²) in [7, 11) is 0. The highest BCUT2D eigenvalue weighted by Crippen LogP contribution is 2.32. The number of carbonyl (C=O) groups excluding carboxylic acids is 2. The van der Waals surface area contributed by atoms with Crippen LogP contribution in [0.25, 0.3) is 0 Å². The fourth-order valence-electron chi connectivity index (χ4n) is 3.36. The molecule has 1 saturated heterocycles. The third kappa shape index (κ3) is 4.01. The van der Waals surface area contributed by atoms with Gasteiger partial charge in [0, 0.05) is 42.5 Å². The van der Waals surface area contributed by atoms with Crippen molar-refractivity contribution in [2.24, 2.45) is 0 Å². The molecule has 140 valence electrons. The minimum absolute atomic E-state index is 0.0692. The van der Waals surface area contributed by atoms with Gasteiger partial charge < -0.3 is 10.2 Å². The first-order valence-corrected chi connectivity index (χ1v) is 9.13. The largest absolute Gasteiger partial charge is 0.324 e. The van der Waals surface area contributed by atoms with E-state index >= 15 is 0 Å². The second-order valence-electron chi connectivity index (χ2n) is 6.66. The normalized spacial score (nSPS) is 16.1. The van der Waals surface area contributed by atoms with Crippen LogP contribution in [0.15, 0.2) is 79.0 Å². The first-order chi connectivity index (χ1) is 13.7. The van der Waals surface area contributed by atoms with Gasteiger partial charge in [-0.15, -0.1) is 0 Å². The van der Waals surface area contributed by atoms with Crippen molar-refractivity contribution in [2.75, 3.05) is 22.1 Å². The van der Waals surface area contributed by atoms with Crippen molar-refractivity contribution in [3.8, 4) is 0 Å². The van der Waals surface area contributed by atoms with Crippen LogP contribution in [0.2, 0.25) is 0 Å². The Morgan fingerprint density at radius 1 is 0.964 bits per heavy atom. The second kappa shape index (κ2) is 7.92. The monoisotopic (exact) mass is 372 g/mol. The molecule has 3 aromatic rings. The van der Waals surface area contributed by atoms with E-state index in [0.717, 1.165) is 11.3 Å². The van der Waals surface area contributed by atoms with E-state index < -0.39 is 0 Å². The minimum Gasteiger partial charge on any atom is -0.312 e. The van der Waals surface area contributed by atoms with Crippen molar-refractivity contribution in [1.29, 1.82) is 0 Å². The summed E-state index contributed by atoms with van der Waals surface area (Å²) in [5.41, 5.74) is 2.58. The molecule has 28 heavy (non-hydrogen) atoms. The Hall–Kier alpha value is -3.67. The lowest BCUT2D eigenvalue weighted by molar-refractivity contribution is -0.117. The molecule has 0 saturated carbocycles. The molecule has 3 amide bonds. The number of aromatic nitrogens is 1. The molecule has 0 aliphatic carbocycles. The van der Waals surface area contributed by atoms with Gasteiger partial charge >= 0.3 is 6.03 Å². The summed E-state index contributed by atoms with van der Waals surface area (Å²) in [6.45, 7) is 0.614. The van der Waals surface area contributed by atoms with E-state index in [1.807, 2.05) is 36.4 Å². The molecule has 2 N–H and O–H groups in total. The van der Waals surface area contributed by atoms with Gasteiger partial charge in [0.2, 0.25) is 5.91 Å². The Balaban J connectivity index is 1.45. The Morgan fingerprint density at radius 3 is 2.43 bits per heavy atom. The maximum atomic E-state index is 12.5. The standard InChI is InChI=1S/C22H20N4O2/c27-21-13-17(16-7-3-1-4-8-16)15-26(21)19-11-12-23-20(14-19)25-22(28)24-18-9-5-2-6-10-18/h1-12,14,17H,13,15H2,(H2,23,24,25,28)/t17-/m1/s1. The van der Waals surface area contributed by atoms with Crippen LogP contribution in [0.3, 0.4) is 0 Å². The van der Waals surface area contributed by atoms with Crippen LogP contribution < -0.4 is 15.5 Å². The van der Waals surface area contributed by atoms with E-state index in [0.29, 0.717) is 24.5 Å². The number of nitrogens with one attached hydrogen (secondary N) is 2. The molecule has 0 spiro atoms. The third-order valence-corrected chi connectivity index (χ3v) is 4.72. The molecule has 1 aliphatic heterocycles. The number of anilines is 3. The highest BCUT2D eigenvalue weighted by molar-refractivity contribution is 6.00. The number of hydrogen-bond acceptors (Lipinski definition) is 3. The lowest BCUT2D eigenvalue weighted by Crippen LogP contribution is -2.25. The number of hydrogen-bond donors (Lipinski definition) is 2. The van der Waals surface area contributed by atoms with Crippen molar-refractivity contribution in [1.82, 2.24) is 4.98 Å². The number of pyridine rings is 1. The fourth-order valence-corrected chi connectivity index (χ4v) is 3.36. The van der Waals surface area contributed by atoms with Gasteiger partial charge in [0.15, 0.2) is 0 Å². The highest BCUT2D eigenvalue weighted by atomic mass is 16.2. The first-order valence-electron chi connectivity index (χ1n) is 9.13. The van der Waals surface area contributed by atoms with Gasteiger partial charge in [-0.05, 0) is 23.8 Å². The van der Waals surface area contributed by atoms with Crippen molar-refractivity contribution < 1.29 is 9.59 Å². The Kier molecular flexibility index (Phi) is 5.01. The van der Waals surface area contributed by atoms with Crippen molar-refractivity contribution in [3.05, 3.63) is 84.6 Å². The number of carbonyl (C=O) groups is 2. The number of para-hydroxylation sites is 1. The minimum atomic E-state index is -0.384. The zero-order chi connectivity index (χ0) is 19.3. The average molecular weight is 372 g/mol. The summed E-state index contributed by atoms with van der Waals surface area (Å²) >= 11 is 0. The van der Waals surface area contributed by atoms with E-state index in [-0.39, 0.29) is 17.9 Å². The summed E-state index contributed by atoms with van der Waals surface area (Å²) in [6.07, 6.45) is 2.07. The summed E-state index contributed by atoms with van der Waals surface area (Å²) in [5.74, 6) is 0.626. The summed E-state index contributed by atoms with van der Waals surface area (Å²) in [5, 5.41) is 5.46. The van der Waals surface area contributed by atoms with Gasteiger partial charge in [-0.2, -0.15) is 0 Å². The van der Waals surface area contributed by atoms with Crippen LogP contribution >= 0.6 is 0 Å². The zero-order valence-electron chi connectivity index (χ0n) is 15.2. The van der Waals surface area contributed by atoms with Crippen LogP contribution in [0.5, 0.6) is 0 Å². The molecule has 4 rings (SSSR count). The molecular weight excluding hydrogens is 352 g/mol. The molecule has 6 heteroatoms. The molecule has 6 nitrogen and oxygen atoms in total. The molecular formula is C22H20N4O2. The fraction of sp³-hybridized carbons (Fsp3) is 0.136. The van der Waals surface area contributed by atoms with E-state index in [1.165, 1.54) is 0 Å². The molecule has 1 fully saturated rings. The van der Waals surface area contributed by atoms with Gasteiger partial charge in [0.05, 0.1) is 0 Å². The number of rotatable bonds is 4. The maximum absolute atomic E-state index is 12.5. The van der Waals surface area contributed by atoms with Crippen molar-refractivity contribution in [2.45, 2.75) is 12.3 Å². The molecule has 1 atom stereocenters. The Labute approximate surface area is 163 Å². The Bertz CT molecular complexity index is 976. The van der Waals surface area contributed by atoms with E-state index in [9.17, 15) is 9.59 Å². The van der Waals surface area contributed by atoms with Gasteiger partial charge in [0.25, 0.3) is 0 Å². The first kappa shape index (κ1) is 17.7. The summed E-state index contributed by atoms with van der Waals surface area (Å²) in [6, 6.07) is 22.3. The summed E-state index contributed by atoms with van der Waals surface area (Å²) < 4.78 is 0. The van der Waals surface area contributed by atoms with Crippen LogP contribution in [0, 0.1) is 0 Å². The summed E-state index contributed by atoms with van der Waals surface area (Å²) in [4.78, 5) is 30.6. The SMILES string of the molecule is O=C(Nc1ccccc1)Nc1cc(N2C[C@H](c3ccccc3)CC2=O)ccn1. The molecule has 0 unspecified atom stereocenters. The van der Waals surface area contributed by atoms with Crippen LogP contribution in [-0.2, 0) is 4.79 Å². The van der Waals surface area contributed by atoms with Gasteiger partial charge in [-0.1, -0.05) is 48.5 Å². The quantitative estimate of drug-likeness (QED) is 0.719. The van der Waals surface area contributed by atoms with Crippen molar-refractivity contribution >= 4 is 29.1 Å². The number of nitrogens with zero attached hydrogens (tertiary/aromatic N) is 2. The Morgan fingerprint density at radius 2 is 1.68 bits per heavy atom. The predicted octanol–water partition coefficient (Wildman–Crippen LogP) is 4.25. The molecule has 2 aromatic carbocycles. The third-order valence-electron chi connectivity index (χ3n) is 4.72. The molecule has 0 bridgehead atoms. The molecule has 2 heterocycles. The number of amides is 3. The topological polar surface area (TPSA) is 74.3 Å². The number of urea groups is 1. The van der Waals surface area contributed by atoms with E-state index in [4.69, 9.17) is 0 Å². The van der Waals surface area contributed by atoms with E-state index in [1.54, 1.807) is 35.4 Å². The molecule has 1 aliphatic rings. The predicted molar refractivity (Wildman–Crippen MR) is 109 cm³/mol. The lowest BCUT2D eigenvalue weighted by atomic mass is 9.99. The molecule has 0 radical (unpaired) electrons. The highest BCUT2D eigenvalue weighted by Gasteiger charge is 2.31. The van der Waals surface area contributed by atoms with Gasteiger partial charge in [-0.25, -0.2) is 9.78 Å². The average Bonchev–Trinajstić information content (AvgIpc) is 3.11. The molecule has 1 aromatic heterocycles. The van der Waals surface area contributed by atoms with Gasteiger partial charge in [0.1, 0.15) is 5.82 Å². The van der Waals surface area contributed by atoms with E-state index in [2.05, 4.69) is 27.8 Å². The van der Waals surface area contributed by atoms with Crippen LogP contribution in [0.4, 0.5) is 22.0 Å². The van der Waals surface area contributed by atoms with Crippen LogP contribution in [0.1, 0.15) is 17.9 Å². The lowest BCUT2D eigenvalue weighted by Gasteiger charge is -2.18. The smallest absolute Gasteiger partial charge is 0.312 e. The van der Waals surface area contributed by atoms with Crippen molar-refractivity contribution in [3.63, 3.8) is 0 Å². The number of benzene rings is 2. The van der Waals surface area contributed by atoms with Crippen LogP contribution in [-0.4, -0.2) is 23.5 Å². The maximum Gasteiger partial charge on any atom is 0.324 e. The zero-order valence-corrected chi connectivity index (χ0v) is 15.2. The second-order valence-corrected chi connectivity index (χ2v) is 6.66.